The van der Waals surface area contributed by atoms with Gasteiger partial charge in [-0.05, 0) is 51.2 Å². The zero-order valence-corrected chi connectivity index (χ0v) is 13.1. The van der Waals surface area contributed by atoms with Crippen LogP contribution < -0.4 is 4.90 Å². The van der Waals surface area contributed by atoms with Crippen molar-refractivity contribution in [3.63, 3.8) is 0 Å². The quantitative estimate of drug-likeness (QED) is 0.833. The van der Waals surface area contributed by atoms with E-state index in [1.165, 1.54) is 30.5 Å². The number of carbonyl (C=O) groups excluding carboxylic acids is 1. The Balaban J connectivity index is 1.54. The van der Waals surface area contributed by atoms with Crippen molar-refractivity contribution in [1.82, 2.24) is 4.90 Å². The minimum Gasteiger partial charge on any atom is -0.371 e. The number of hydrogen-bond acceptors (Lipinski definition) is 2. The maximum Gasteiger partial charge on any atom is 0.225 e. The summed E-state index contributed by atoms with van der Waals surface area (Å²) in [4.78, 5) is 17.1. The first-order valence-electron chi connectivity index (χ1n) is 8.34. The van der Waals surface area contributed by atoms with Crippen molar-refractivity contribution >= 4 is 11.6 Å². The Labute approximate surface area is 127 Å². The molecule has 1 aromatic rings. The Bertz CT molecular complexity index is 468. The SMILES string of the molecule is Cc1ccc(N2CCC(C(=O)N3CCCCC3)CC2)cc1. The van der Waals surface area contributed by atoms with Crippen LogP contribution in [0.25, 0.3) is 0 Å². The van der Waals surface area contributed by atoms with E-state index in [1.807, 2.05) is 0 Å². The highest BCUT2D eigenvalue weighted by molar-refractivity contribution is 5.79. The molecule has 0 aliphatic carbocycles. The number of nitrogens with zero attached hydrogens (tertiary/aromatic N) is 2. The molecule has 0 atom stereocenters. The molecule has 114 valence electrons. The fourth-order valence-electron chi connectivity index (χ4n) is 3.51. The Hall–Kier alpha value is -1.51. The lowest BCUT2D eigenvalue weighted by atomic mass is 9.94. The number of carbonyl (C=O) groups is 1. The Morgan fingerprint density at radius 2 is 1.57 bits per heavy atom. The van der Waals surface area contributed by atoms with Gasteiger partial charge < -0.3 is 9.80 Å². The van der Waals surface area contributed by atoms with Crippen LogP contribution in [0.5, 0.6) is 0 Å². The average molecular weight is 286 g/mol. The highest BCUT2D eigenvalue weighted by Crippen LogP contribution is 2.25. The van der Waals surface area contributed by atoms with Gasteiger partial charge >= 0.3 is 0 Å². The van der Waals surface area contributed by atoms with Gasteiger partial charge in [-0.3, -0.25) is 4.79 Å². The molecule has 21 heavy (non-hydrogen) atoms. The van der Waals surface area contributed by atoms with Gasteiger partial charge in [-0.1, -0.05) is 17.7 Å². The first-order valence-corrected chi connectivity index (χ1v) is 8.34. The van der Waals surface area contributed by atoms with Gasteiger partial charge in [-0.25, -0.2) is 0 Å². The number of amides is 1. The summed E-state index contributed by atoms with van der Waals surface area (Å²) in [6, 6.07) is 8.73. The maximum atomic E-state index is 12.5. The molecule has 3 nitrogen and oxygen atoms in total. The molecule has 0 N–H and O–H groups in total. The molecule has 2 saturated heterocycles. The van der Waals surface area contributed by atoms with Gasteiger partial charge in [-0.2, -0.15) is 0 Å². The zero-order chi connectivity index (χ0) is 14.7. The standard InChI is InChI=1S/C18H26N2O/c1-15-5-7-17(8-6-15)19-13-9-16(10-14-19)18(21)20-11-3-2-4-12-20/h5-8,16H,2-4,9-14H2,1H3. The number of likely N-dealkylation sites (tertiary alicyclic amines) is 1. The van der Waals surface area contributed by atoms with E-state index in [-0.39, 0.29) is 5.92 Å². The van der Waals surface area contributed by atoms with Gasteiger partial charge in [0.15, 0.2) is 0 Å². The second-order valence-corrected chi connectivity index (χ2v) is 6.48. The average Bonchev–Trinajstić information content (AvgIpc) is 2.56. The van der Waals surface area contributed by atoms with Crippen LogP contribution in [0.1, 0.15) is 37.7 Å². The van der Waals surface area contributed by atoms with E-state index < -0.39 is 0 Å². The highest BCUT2D eigenvalue weighted by atomic mass is 16.2. The van der Waals surface area contributed by atoms with E-state index >= 15 is 0 Å². The van der Waals surface area contributed by atoms with Crippen LogP contribution in [0, 0.1) is 12.8 Å². The van der Waals surface area contributed by atoms with Crippen molar-refractivity contribution in [3.8, 4) is 0 Å². The Morgan fingerprint density at radius 1 is 0.952 bits per heavy atom. The van der Waals surface area contributed by atoms with Gasteiger partial charge in [0.2, 0.25) is 5.91 Å². The van der Waals surface area contributed by atoms with Crippen LogP contribution in [0.4, 0.5) is 5.69 Å². The predicted molar refractivity (Wildman–Crippen MR) is 86.5 cm³/mol. The van der Waals surface area contributed by atoms with Crippen LogP contribution in [-0.4, -0.2) is 37.0 Å². The molecule has 2 heterocycles. The molecule has 0 unspecified atom stereocenters. The summed E-state index contributed by atoms with van der Waals surface area (Å²) in [5.41, 5.74) is 2.60. The molecule has 2 fully saturated rings. The molecule has 0 spiro atoms. The highest BCUT2D eigenvalue weighted by Gasteiger charge is 2.29. The topological polar surface area (TPSA) is 23.6 Å². The number of benzene rings is 1. The van der Waals surface area contributed by atoms with Crippen LogP contribution in [0.2, 0.25) is 0 Å². The van der Waals surface area contributed by atoms with E-state index in [0.717, 1.165) is 39.0 Å². The van der Waals surface area contributed by atoms with Crippen molar-refractivity contribution in [2.24, 2.45) is 5.92 Å². The lowest BCUT2D eigenvalue weighted by Gasteiger charge is -2.36. The first-order chi connectivity index (χ1) is 10.2. The predicted octanol–water partition coefficient (Wildman–Crippen LogP) is 3.22. The van der Waals surface area contributed by atoms with Crippen molar-refractivity contribution in [2.75, 3.05) is 31.1 Å². The summed E-state index contributed by atoms with van der Waals surface area (Å²) in [5.74, 6) is 0.669. The van der Waals surface area contributed by atoms with Crippen LogP contribution >= 0.6 is 0 Å². The molecule has 2 aliphatic heterocycles. The van der Waals surface area contributed by atoms with Crippen molar-refractivity contribution in [2.45, 2.75) is 39.0 Å². The second-order valence-electron chi connectivity index (χ2n) is 6.48. The molecule has 0 radical (unpaired) electrons. The van der Waals surface area contributed by atoms with Crippen LogP contribution in [0.3, 0.4) is 0 Å². The third-order valence-corrected chi connectivity index (χ3v) is 4.91. The van der Waals surface area contributed by atoms with Gasteiger partial charge in [0.05, 0.1) is 0 Å². The van der Waals surface area contributed by atoms with Gasteiger partial charge in [0, 0.05) is 37.8 Å². The molecule has 1 amide bonds. The molecule has 0 bridgehead atoms. The van der Waals surface area contributed by atoms with Crippen LogP contribution in [-0.2, 0) is 4.79 Å². The number of anilines is 1. The van der Waals surface area contributed by atoms with E-state index in [2.05, 4.69) is 41.0 Å². The van der Waals surface area contributed by atoms with E-state index in [1.54, 1.807) is 0 Å². The minimum atomic E-state index is 0.254. The smallest absolute Gasteiger partial charge is 0.225 e. The summed E-state index contributed by atoms with van der Waals surface area (Å²) in [6.07, 6.45) is 5.67. The number of hydrogen-bond donors (Lipinski definition) is 0. The lowest BCUT2D eigenvalue weighted by Crippen LogP contribution is -2.44. The van der Waals surface area contributed by atoms with E-state index in [9.17, 15) is 4.79 Å². The normalized spacial score (nSPS) is 20.6. The Morgan fingerprint density at radius 3 is 2.19 bits per heavy atom. The Kier molecular flexibility index (Phi) is 4.47. The molecule has 3 rings (SSSR count). The molecular weight excluding hydrogens is 260 g/mol. The first kappa shape index (κ1) is 14.4. The third-order valence-electron chi connectivity index (χ3n) is 4.91. The monoisotopic (exact) mass is 286 g/mol. The van der Waals surface area contributed by atoms with Crippen molar-refractivity contribution < 1.29 is 4.79 Å². The molecular formula is C18H26N2O. The maximum absolute atomic E-state index is 12.5. The summed E-state index contributed by atoms with van der Waals surface area (Å²) in [5, 5.41) is 0. The third kappa shape index (κ3) is 3.39. The van der Waals surface area contributed by atoms with E-state index in [0.29, 0.717) is 5.91 Å². The fraction of sp³-hybridized carbons (Fsp3) is 0.611. The minimum absolute atomic E-state index is 0.254. The van der Waals surface area contributed by atoms with Gasteiger partial charge in [0.25, 0.3) is 0 Å². The molecule has 0 saturated carbocycles. The molecule has 3 heteroatoms. The van der Waals surface area contributed by atoms with Gasteiger partial charge in [-0.15, -0.1) is 0 Å². The molecule has 2 aliphatic rings. The van der Waals surface area contributed by atoms with Crippen molar-refractivity contribution in [3.05, 3.63) is 29.8 Å². The summed E-state index contributed by atoms with van der Waals surface area (Å²) >= 11 is 0. The van der Waals surface area contributed by atoms with Crippen LogP contribution in [0.15, 0.2) is 24.3 Å². The second kappa shape index (κ2) is 6.50. The fourth-order valence-corrected chi connectivity index (χ4v) is 3.51. The molecule has 0 aromatic heterocycles. The summed E-state index contributed by atoms with van der Waals surface area (Å²) in [6.45, 7) is 6.10. The van der Waals surface area contributed by atoms with Crippen molar-refractivity contribution in [1.29, 1.82) is 0 Å². The summed E-state index contributed by atoms with van der Waals surface area (Å²) < 4.78 is 0. The number of aryl methyl sites for hydroxylation is 1. The van der Waals surface area contributed by atoms with Gasteiger partial charge in [0.1, 0.15) is 0 Å². The number of rotatable bonds is 2. The largest absolute Gasteiger partial charge is 0.371 e. The number of piperidine rings is 2. The zero-order valence-electron chi connectivity index (χ0n) is 13.1. The van der Waals surface area contributed by atoms with E-state index in [4.69, 9.17) is 0 Å². The lowest BCUT2D eigenvalue weighted by molar-refractivity contribution is -0.137. The molecule has 1 aromatic carbocycles. The summed E-state index contributed by atoms with van der Waals surface area (Å²) in [7, 11) is 0.